The van der Waals surface area contributed by atoms with Crippen LogP contribution in [0.3, 0.4) is 0 Å². The third-order valence-corrected chi connectivity index (χ3v) is 4.70. The van der Waals surface area contributed by atoms with Crippen LogP contribution in [0.2, 0.25) is 0 Å². The van der Waals surface area contributed by atoms with Crippen LogP contribution in [-0.4, -0.2) is 23.0 Å². The molecule has 0 aliphatic heterocycles. The number of carbonyl (C=O) groups is 2. The van der Waals surface area contributed by atoms with E-state index in [0.29, 0.717) is 5.75 Å². The van der Waals surface area contributed by atoms with Crippen molar-refractivity contribution in [2.45, 2.75) is 6.54 Å². The molecule has 0 radical (unpaired) electrons. The minimum atomic E-state index is -0.453. The number of nitrogens with zero attached hydrogens (tertiary/aromatic N) is 1. The number of hydrogen-bond acceptors (Lipinski definition) is 3. The molecule has 0 atom stereocenters. The maximum Gasteiger partial charge on any atom is 0.276 e. The fourth-order valence-electron chi connectivity index (χ4n) is 2.38. The molecule has 6 nitrogen and oxygen atoms in total. The highest BCUT2D eigenvalue weighted by atomic mass is 79.9. The van der Waals surface area contributed by atoms with Crippen molar-refractivity contribution in [3.05, 3.63) is 63.7 Å². The smallest absolute Gasteiger partial charge is 0.276 e. The van der Waals surface area contributed by atoms with Gasteiger partial charge in [0.05, 0.1) is 4.47 Å². The SMILES string of the molecule is O=C(COc1ccc(Br)cc1Br)NNC(=O)Cn1ccc2ccccc21. The van der Waals surface area contributed by atoms with E-state index in [0.717, 1.165) is 19.8 Å². The fraction of sp³-hybridized carbons (Fsp3) is 0.111. The second-order valence-corrected chi connectivity index (χ2v) is 7.23. The lowest BCUT2D eigenvalue weighted by atomic mass is 10.2. The molecule has 2 amide bonds. The van der Waals surface area contributed by atoms with Gasteiger partial charge in [-0.05, 0) is 51.6 Å². The second-order valence-electron chi connectivity index (χ2n) is 5.46. The molecule has 0 fully saturated rings. The molecular weight excluding hydrogens is 466 g/mol. The number of amides is 2. The van der Waals surface area contributed by atoms with E-state index >= 15 is 0 Å². The van der Waals surface area contributed by atoms with Crippen molar-refractivity contribution in [1.29, 1.82) is 0 Å². The largest absolute Gasteiger partial charge is 0.483 e. The van der Waals surface area contributed by atoms with Crippen LogP contribution in [0.5, 0.6) is 5.75 Å². The first-order chi connectivity index (χ1) is 12.5. The predicted molar refractivity (Wildman–Crippen MR) is 106 cm³/mol. The minimum absolute atomic E-state index is 0.104. The summed E-state index contributed by atoms with van der Waals surface area (Å²) in [5, 5.41) is 1.05. The zero-order chi connectivity index (χ0) is 18.5. The van der Waals surface area contributed by atoms with E-state index in [1.54, 1.807) is 12.1 Å². The van der Waals surface area contributed by atoms with Gasteiger partial charge in [0.2, 0.25) is 0 Å². The summed E-state index contributed by atoms with van der Waals surface area (Å²) in [5.74, 6) is -0.247. The van der Waals surface area contributed by atoms with Gasteiger partial charge in [0, 0.05) is 16.2 Å². The van der Waals surface area contributed by atoms with E-state index < -0.39 is 5.91 Å². The van der Waals surface area contributed by atoms with Crippen molar-refractivity contribution in [2.24, 2.45) is 0 Å². The number of aromatic nitrogens is 1. The summed E-state index contributed by atoms with van der Waals surface area (Å²) in [6.45, 7) is -0.111. The van der Waals surface area contributed by atoms with Gasteiger partial charge in [-0.15, -0.1) is 0 Å². The number of ether oxygens (including phenoxy) is 1. The zero-order valence-electron chi connectivity index (χ0n) is 13.5. The van der Waals surface area contributed by atoms with E-state index in [9.17, 15) is 9.59 Å². The van der Waals surface area contributed by atoms with E-state index in [2.05, 4.69) is 42.7 Å². The van der Waals surface area contributed by atoms with Gasteiger partial charge < -0.3 is 9.30 Å². The maximum atomic E-state index is 12.0. The van der Waals surface area contributed by atoms with Gasteiger partial charge in [-0.1, -0.05) is 34.1 Å². The van der Waals surface area contributed by atoms with Gasteiger partial charge >= 0.3 is 0 Å². The van der Waals surface area contributed by atoms with Crippen molar-refractivity contribution in [1.82, 2.24) is 15.4 Å². The van der Waals surface area contributed by atoms with Crippen molar-refractivity contribution < 1.29 is 14.3 Å². The molecule has 0 bridgehead atoms. The summed E-state index contributed by atoms with van der Waals surface area (Å²) in [7, 11) is 0. The monoisotopic (exact) mass is 479 g/mol. The van der Waals surface area contributed by atoms with E-state index in [1.807, 2.05) is 47.2 Å². The molecule has 0 saturated heterocycles. The van der Waals surface area contributed by atoms with Gasteiger partial charge in [-0.3, -0.25) is 20.4 Å². The molecule has 2 aromatic carbocycles. The Balaban J connectivity index is 1.47. The molecule has 3 rings (SSSR count). The van der Waals surface area contributed by atoms with E-state index in [4.69, 9.17) is 4.74 Å². The van der Waals surface area contributed by atoms with Crippen molar-refractivity contribution in [2.75, 3.05) is 6.61 Å². The maximum absolute atomic E-state index is 12.0. The number of halogens is 2. The number of benzene rings is 2. The Morgan fingerprint density at radius 1 is 1.00 bits per heavy atom. The number of nitrogens with one attached hydrogen (secondary N) is 2. The third-order valence-electron chi connectivity index (χ3n) is 3.59. The molecule has 1 aromatic heterocycles. The van der Waals surface area contributed by atoms with E-state index in [1.165, 1.54) is 0 Å². The lowest BCUT2D eigenvalue weighted by Gasteiger charge is -2.11. The summed E-state index contributed by atoms with van der Waals surface area (Å²) in [4.78, 5) is 23.9. The Morgan fingerprint density at radius 3 is 2.58 bits per heavy atom. The van der Waals surface area contributed by atoms with Crippen molar-refractivity contribution in [3.63, 3.8) is 0 Å². The van der Waals surface area contributed by atoms with Crippen LogP contribution in [0, 0.1) is 0 Å². The number of hydrazine groups is 1. The summed E-state index contributed by atoms with van der Waals surface area (Å²) in [6, 6.07) is 15.1. The summed E-state index contributed by atoms with van der Waals surface area (Å²) in [5.41, 5.74) is 5.69. The normalized spacial score (nSPS) is 10.5. The number of hydrogen-bond donors (Lipinski definition) is 2. The van der Waals surface area contributed by atoms with E-state index in [-0.39, 0.29) is 19.1 Å². The third kappa shape index (κ3) is 4.64. The molecule has 134 valence electrons. The first-order valence-corrected chi connectivity index (χ1v) is 9.31. The summed E-state index contributed by atoms with van der Waals surface area (Å²) in [6.07, 6.45) is 1.83. The van der Waals surface area contributed by atoms with Crippen LogP contribution in [0.1, 0.15) is 0 Å². The zero-order valence-corrected chi connectivity index (χ0v) is 16.7. The Hall–Kier alpha value is -2.32. The predicted octanol–water partition coefficient (Wildman–Crippen LogP) is 3.39. The van der Waals surface area contributed by atoms with Gasteiger partial charge in [0.25, 0.3) is 11.8 Å². The van der Waals surface area contributed by atoms with Crippen LogP contribution < -0.4 is 15.6 Å². The Kier molecular flexibility index (Phi) is 5.95. The lowest BCUT2D eigenvalue weighted by Crippen LogP contribution is -2.45. The average molecular weight is 481 g/mol. The molecule has 1 heterocycles. The molecule has 0 spiro atoms. The van der Waals surface area contributed by atoms with Gasteiger partial charge in [-0.25, -0.2) is 0 Å². The number of carbonyl (C=O) groups excluding carboxylic acids is 2. The highest BCUT2D eigenvalue weighted by Crippen LogP contribution is 2.28. The molecular formula is C18H15Br2N3O3. The van der Waals surface area contributed by atoms with Gasteiger partial charge in [0.1, 0.15) is 12.3 Å². The Labute approximate surface area is 166 Å². The molecule has 0 aliphatic carbocycles. The fourth-order valence-corrected chi connectivity index (χ4v) is 3.55. The average Bonchev–Trinajstić information content (AvgIpc) is 3.02. The van der Waals surface area contributed by atoms with Crippen LogP contribution in [0.4, 0.5) is 0 Å². The lowest BCUT2D eigenvalue weighted by molar-refractivity contribution is -0.130. The van der Waals surface area contributed by atoms with Gasteiger partial charge in [-0.2, -0.15) is 0 Å². The van der Waals surface area contributed by atoms with Crippen molar-refractivity contribution in [3.8, 4) is 5.75 Å². The molecule has 0 aliphatic rings. The first kappa shape index (κ1) is 18.5. The highest BCUT2D eigenvalue weighted by Gasteiger charge is 2.09. The Bertz CT molecular complexity index is 956. The number of para-hydroxylation sites is 1. The summed E-state index contributed by atoms with van der Waals surface area (Å²) < 4.78 is 8.84. The highest BCUT2D eigenvalue weighted by molar-refractivity contribution is 9.11. The standard InChI is InChI=1S/C18H15Br2N3O3/c19-13-5-6-16(14(20)9-13)26-11-18(25)22-21-17(24)10-23-8-7-12-3-1-2-4-15(12)23/h1-9H,10-11H2,(H,21,24)(H,22,25). The van der Waals surface area contributed by atoms with Crippen molar-refractivity contribution >= 4 is 54.6 Å². The number of fused-ring (bicyclic) bond motifs is 1. The second kappa shape index (κ2) is 8.37. The topological polar surface area (TPSA) is 72.4 Å². The molecule has 8 heteroatoms. The Morgan fingerprint density at radius 2 is 1.77 bits per heavy atom. The van der Waals surface area contributed by atoms with Crippen LogP contribution >= 0.6 is 31.9 Å². The molecule has 3 aromatic rings. The molecule has 26 heavy (non-hydrogen) atoms. The van der Waals surface area contributed by atoms with Crippen LogP contribution in [-0.2, 0) is 16.1 Å². The van der Waals surface area contributed by atoms with Gasteiger partial charge in [0.15, 0.2) is 6.61 Å². The number of rotatable bonds is 5. The minimum Gasteiger partial charge on any atom is -0.483 e. The summed E-state index contributed by atoms with van der Waals surface area (Å²) >= 11 is 6.70. The molecule has 0 unspecified atom stereocenters. The molecule has 2 N–H and O–H groups in total. The van der Waals surface area contributed by atoms with Crippen LogP contribution in [0.25, 0.3) is 10.9 Å². The van der Waals surface area contributed by atoms with Crippen LogP contribution in [0.15, 0.2) is 63.7 Å². The quantitative estimate of drug-likeness (QED) is 0.550. The first-order valence-electron chi connectivity index (χ1n) is 7.72. The molecule has 0 saturated carbocycles.